The zero-order valence-electron chi connectivity index (χ0n) is 16.6. The molecule has 2 aromatic carbocycles. The van der Waals surface area contributed by atoms with E-state index in [9.17, 15) is 9.70 Å². The molecule has 0 saturated carbocycles. The van der Waals surface area contributed by atoms with Crippen molar-refractivity contribution in [1.82, 2.24) is 4.98 Å². The number of pyridine rings is 1. The molecule has 0 saturated heterocycles. The van der Waals surface area contributed by atoms with Crippen LogP contribution in [0.1, 0.15) is 51.9 Å². The largest absolute Gasteiger partial charge is 0.481 e. The average Bonchev–Trinajstić information content (AvgIpc) is 2.70. The van der Waals surface area contributed by atoms with Crippen molar-refractivity contribution in [1.29, 1.82) is 0 Å². The highest BCUT2D eigenvalue weighted by atomic mass is 16.4. The maximum absolute atomic E-state index is 11.7. The number of nitroso groups, excluding NO2 is 1. The van der Waals surface area contributed by atoms with Crippen molar-refractivity contribution in [2.45, 2.75) is 38.6 Å². The van der Waals surface area contributed by atoms with Gasteiger partial charge in [-0.3, -0.25) is 9.78 Å². The Morgan fingerprint density at radius 3 is 2.38 bits per heavy atom. The van der Waals surface area contributed by atoms with Gasteiger partial charge in [0, 0.05) is 17.8 Å². The van der Waals surface area contributed by atoms with Gasteiger partial charge in [0.2, 0.25) is 0 Å². The fraction of sp³-hybridized carbons (Fsp3) is 0.250. The summed E-state index contributed by atoms with van der Waals surface area (Å²) in [5, 5.41) is 12.4. The number of aryl methyl sites for hydroxylation is 2. The predicted octanol–water partition coefficient (Wildman–Crippen LogP) is 5.36. The van der Waals surface area contributed by atoms with Gasteiger partial charge in [-0.1, -0.05) is 53.7 Å². The lowest BCUT2D eigenvalue weighted by Crippen LogP contribution is -2.09. The molecule has 0 radical (unpaired) electrons. The van der Waals surface area contributed by atoms with Crippen LogP contribution in [-0.2, 0) is 11.2 Å². The maximum atomic E-state index is 11.7. The van der Waals surface area contributed by atoms with Crippen molar-refractivity contribution in [3.63, 3.8) is 0 Å². The van der Waals surface area contributed by atoms with Crippen LogP contribution >= 0.6 is 0 Å². The van der Waals surface area contributed by atoms with Crippen molar-refractivity contribution in [3.8, 4) is 0 Å². The van der Waals surface area contributed by atoms with Gasteiger partial charge in [-0.2, -0.15) is 4.91 Å². The lowest BCUT2D eigenvalue weighted by atomic mass is 9.82. The van der Waals surface area contributed by atoms with Gasteiger partial charge in [0.1, 0.15) is 6.04 Å². The Kier molecular flexibility index (Phi) is 6.50. The summed E-state index contributed by atoms with van der Waals surface area (Å²) >= 11 is 0. The Balaban J connectivity index is 1.98. The molecule has 148 valence electrons. The Labute approximate surface area is 170 Å². The summed E-state index contributed by atoms with van der Waals surface area (Å²) < 4.78 is 0. The van der Waals surface area contributed by atoms with Crippen LogP contribution in [0.5, 0.6) is 0 Å². The molecule has 1 N–H and O–H groups in total. The number of carbonyl (C=O) groups is 1. The van der Waals surface area contributed by atoms with Gasteiger partial charge in [0.25, 0.3) is 0 Å². The molecule has 1 aromatic heterocycles. The number of hydrogen-bond donors (Lipinski definition) is 1. The highest BCUT2D eigenvalue weighted by Gasteiger charge is 2.23. The molecule has 0 aliphatic carbocycles. The van der Waals surface area contributed by atoms with Crippen molar-refractivity contribution in [2.24, 2.45) is 5.18 Å². The first kappa shape index (κ1) is 20.4. The molecule has 0 spiro atoms. The molecule has 3 rings (SSSR count). The van der Waals surface area contributed by atoms with E-state index in [1.807, 2.05) is 55.5 Å². The average molecular weight is 388 g/mol. The number of carboxylic acid groups (broad SMARTS) is 1. The Morgan fingerprint density at radius 2 is 1.76 bits per heavy atom. The first-order valence-electron chi connectivity index (χ1n) is 9.59. The van der Waals surface area contributed by atoms with E-state index in [0.29, 0.717) is 6.42 Å². The topological polar surface area (TPSA) is 79.6 Å². The highest BCUT2D eigenvalue weighted by Crippen LogP contribution is 2.37. The molecule has 29 heavy (non-hydrogen) atoms. The summed E-state index contributed by atoms with van der Waals surface area (Å²) in [5.74, 6) is -0.891. The lowest BCUT2D eigenvalue weighted by molar-refractivity contribution is -0.136. The van der Waals surface area contributed by atoms with Crippen LogP contribution < -0.4 is 0 Å². The number of nitrogens with zero attached hydrogens (tertiary/aromatic N) is 2. The first-order chi connectivity index (χ1) is 14.0. The number of benzene rings is 2. The minimum Gasteiger partial charge on any atom is -0.481 e. The zero-order chi connectivity index (χ0) is 20.8. The van der Waals surface area contributed by atoms with Gasteiger partial charge in [-0.25, -0.2) is 0 Å². The van der Waals surface area contributed by atoms with Crippen molar-refractivity contribution in [2.75, 3.05) is 0 Å². The van der Waals surface area contributed by atoms with E-state index in [1.165, 1.54) is 0 Å². The Morgan fingerprint density at radius 1 is 1.03 bits per heavy atom. The van der Waals surface area contributed by atoms with Gasteiger partial charge in [-0.05, 0) is 60.2 Å². The quantitative estimate of drug-likeness (QED) is 0.527. The number of aliphatic carboxylic acids is 1. The minimum absolute atomic E-state index is 0.00980. The van der Waals surface area contributed by atoms with E-state index in [-0.39, 0.29) is 12.3 Å². The van der Waals surface area contributed by atoms with Crippen molar-refractivity contribution < 1.29 is 9.90 Å². The van der Waals surface area contributed by atoms with Gasteiger partial charge in [0.15, 0.2) is 0 Å². The van der Waals surface area contributed by atoms with E-state index in [4.69, 9.17) is 5.11 Å². The molecular formula is C24H24N2O3. The van der Waals surface area contributed by atoms with Crippen LogP contribution in [0.2, 0.25) is 0 Å². The summed E-state index contributed by atoms with van der Waals surface area (Å²) in [7, 11) is 0. The van der Waals surface area contributed by atoms with Gasteiger partial charge in [-0.15, -0.1) is 0 Å². The summed E-state index contributed by atoms with van der Waals surface area (Å²) in [5.41, 5.74) is 5.77. The molecule has 5 heteroatoms. The fourth-order valence-electron chi connectivity index (χ4n) is 3.70. The number of aromatic nitrogens is 1. The fourth-order valence-corrected chi connectivity index (χ4v) is 3.70. The van der Waals surface area contributed by atoms with Crippen LogP contribution in [-0.4, -0.2) is 16.1 Å². The second kappa shape index (κ2) is 9.24. The third kappa shape index (κ3) is 5.13. The van der Waals surface area contributed by atoms with Gasteiger partial charge >= 0.3 is 5.97 Å². The van der Waals surface area contributed by atoms with Crippen LogP contribution in [0.4, 0.5) is 0 Å². The normalized spacial score (nSPS) is 12.9. The molecule has 2 atom stereocenters. The SMILES string of the molecule is Cc1cc(C(C[C@H](c2ccc(CC(=O)O)cc2)c2ccccc2C)N=O)ccn1. The predicted molar refractivity (Wildman–Crippen MR) is 113 cm³/mol. The van der Waals surface area contributed by atoms with E-state index >= 15 is 0 Å². The Bertz CT molecular complexity index is 999. The molecule has 5 nitrogen and oxygen atoms in total. The maximum Gasteiger partial charge on any atom is 0.307 e. The lowest BCUT2D eigenvalue weighted by Gasteiger charge is -2.23. The van der Waals surface area contributed by atoms with Gasteiger partial charge < -0.3 is 5.11 Å². The first-order valence-corrected chi connectivity index (χ1v) is 9.59. The molecule has 1 unspecified atom stereocenters. The van der Waals surface area contributed by atoms with Crippen LogP contribution in [0.3, 0.4) is 0 Å². The summed E-state index contributed by atoms with van der Waals surface area (Å²) in [6, 6.07) is 18.9. The molecule has 0 bridgehead atoms. The molecule has 3 aromatic rings. The number of rotatable bonds is 8. The monoisotopic (exact) mass is 388 g/mol. The smallest absolute Gasteiger partial charge is 0.307 e. The molecular weight excluding hydrogens is 364 g/mol. The minimum atomic E-state index is -0.855. The third-order valence-electron chi connectivity index (χ3n) is 5.19. The summed E-state index contributed by atoms with van der Waals surface area (Å²) in [6.07, 6.45) is 2.21. The van der Waals surface area contributed by atoms with Gasteiger partial charge in [0.05, 0.1) is 6.42 Å². The second-order valence-corrected chi connectivity index (χ2v) is 7.31. The zero-order valence-corrected chi connectivity index (χ0v) is 16.6. The third-order valence-corrected chi connectivity index (χ3v) is 5.19. The standard InChI is InChI=1S/C24H24N2O3/c1-16-5-3-4-6-21(16)22(19-9-7-18(8-10-19)14-24(27)28)15-23(26-29)20-11-12-25-17(2)13-20/h3-13,22-23H,14-15H2,1-2H3,(H,27,28)/t22-,23?/m1/s1. The second-order valence-electron chi connectivity index (χ2n) is 7.31. The van der Waals surface area contributed by atoms with E-state index in [2.05, 4.69) is 29.2 Å². The Hall–Kier alpha value is -3.34. The molecule has 0 aliphatic rings. The van der Waals surface area contributed by atoms with Crippen molar-refractivity contribution in [3.05, 3.63) is 105 Å². The van der Waals surface area contributed by atoms with E-state index < -0.39 is 12.0 Å². The van der Waals surface area contributed by atoms with Crippen molar-refractivity contribution >= 4 is 5.97 Å². The molecule has 0 aliphatic heterocycles. The number of hydrogen-bond acceptors (Lipinski definition) is 4. The van der Waals surface area contributed by atoms with Crippen LogP contribution in [0.25, 0.3) is 0 Å². The van der Waals surface area contributed by atoms with Crippen LogP contribution in [0, 0.1) is 18.8 Å². The molecule has 1 heterocycles. The highest BCUT2D eigenvalue weighted by molar-refractivity contribution is 5.70. The summed E-state index contributed by atoms with van der Waals surface area (Å²) in [4.78, 5) is 26.9. The molecule has 0 amide bonds. The molecule has 0 fully saturated rings. The van der Waals surface area contributed by atoms with E-state index in [0.717, 1.165) is 33.5 Å². The summed E-state index contributed by atoms with van der Waals surface area (Å²) in [6.45, 7) is 3.95. The van der Waals surface area contributed by atoms with E-state index in [1.54, 1.807) is 6.20 Å². The van der Waals surface area contributed by atoms with Crippen LogP contribution in [0.15, 0.2) is 72.0 Å². The number of carboxylic acids is 1.